The van der Waals surface area contributed by atoms with Crippen molar-refractivity contribution in [3.05, 3.63) is 59.3 Å². The number of nitrogens with zero attached hydrogens (tertiary/aromatic N) is 3. The minimum absolute atomic E-state index is 0.0104. The maximum atomic E-state index is 12.7. The van der Waals surface area contributed by atoms with Crippen LogP contribution in [0.4, 0.5) is 5.69 Å². The van der Waals surface area contributed by atoms with Crippen molar-refractivity contribution >= 4 is 11.6 Å². The molecule has 0 unspecified atom stereocenters. The fraction of sp³-hybridized carbons (Fsp3) is 0.409. The van der Waals surface area contributed by atoms with Gasteiger partial charge in [0, 0.05) is 62.5 Å². The summed E-state index contributed by atoms with van der Waals surface area (Å²) in [6.07, 6.45) is 11.7. The van der Waals surface area contributed by atoms with Gasteiger partial charge in [-0.2, -0.15) is 0 Å². The van der Waals surface area contributed by atoms with Crippen LogP contribution in [0.25, 0.3) is 11.1 Å². The lowest BCUT2D eigenvalue weighted by molar-refractivity contribution is -0.125. The number of likely N-dealkylation sites (tertiary alicyclic amines) is 1. The van der Waals surface area contributed by atoms with E-state index in [-0.39, 0.29) is 17.5 Å². The molecular weight excluding hydrogens is 366 g/mol. The second kappa shape index (κ2) is 8.61. The van der Waals surface area contributed by atoms with Crippen LogP contribution < -0.4 is 16.2 Å². The fourth-order valence-electron chi connectivity index (χ4n) is 3.89. The van der Waals surface area contributed by atoms with Crippen LogP contribution in [-0.4, -0.2) is 53.0 Å². The van der Waals surface area contributed by atoms with Crippen molar-refractivity contribution in [3.8, 4) is 11.1 Å². The van der Waals surface area contributed by atoms with Crippen molar-refractivity contribution in [2.45, 2.75) is 25.3 Å². The van der Waals surface area contributed by atoms with Gasteiger partial charge in [-0.25, -0.2) is 0 Å². The number of pyridine rings is 2. The van der Waals surface area contributed by atoms with Crippen LogP contribution in [0, 0.1) is 5.92 Å². The summed E-state index contributed by atoms with van der Waals surface area (Å²) in [6.45, 7) is 2.53. The summed E-state index contributed by atoms with van der Waals surface area (Å²) in [5.41, 5.74) is 8.03. The Hall–Kier alpha value is -2.93. The second-order valence-electron chi connectivity index (χ2n) is 7.80. The number of rotatable bonds is 7. The number of H-pyrrole nitrogens is 1. The van der Waals surface area contributed by atoms with E-state index in [0.717, 1.165) is 24.1 Å². The predicted octanol–water partition coefficient (Wildman–Crippen LogP) is 1.77. The Bertz CT molecular complexity index is 936. The highest BCUT2D eigenvalue weighted by Gasteiger charge is 2.34. The zero-order valence-electron chi connectivity index (χ0n) is 16.5. The summed E-state index contributed by atoms with van der Waals surface area (Å²) >= 11 is 0. The topological polar surface area (TPSA) is 95.3 Å². The van der Waals surface area contributed by atoms with Gasteiger partial charge in [0.05, 0.1) is 0 Å². The van der Waals surface area contributed by atoms with Gasteiger partial charge in [0.25, 0.3) is 5.56 Å². The largest absolute Gasteiger partial charge is 0.362 e. The Morgan fingerprint density at radius 1 is 1.28 bits per heavy atom. The van der Waals surface area contributed by atoms with Gasteiger partial charge in [0.2, 0.25) is 5.91 Å². The number of hydrogen-bond acceptors (Lipinski definition) is 5. The van der Waals surface area contributed by atoms with E-state index in [0.29, 0.717) is 31.2 Å². The van der Waals surface area contributed by atoms with Crippen molar-refractivity contribution in [1.29, 1.82) is 0 Å². The smallest absolute Gasteiger partial charge is 0.271 e. The van der Waals surface area contributed by atoms with E-state index in [1.807, 2.05) is 23.1 Å². The Morgan fingerprint density at radius 3 is 2.79 bits per heavy atom. The summed E-state index contributed by atoms with van der Waals surface area (Å²) in [4.78, 5) is 36.1. The molecule has 4 rings (SSSR count). The molecule has 3 N–H and O–H groups in total. The lowest BCUT2D eigenvalue weighted by atomic mass is 10.1. The molecule has 0 spiro atoms. The average Bonchev–Trinajstić information content (AvgIpc) is 3.44. The number of carbonyl (C=O) groups is 1. The van der Waals surface area contributed by atoms with E-state index in [4.69, 9.17) is 5.73 Å². The van der Waals surface area contributed by atoms with E-state index in [1.54, 1.807) is 30.7 Å². The molecule has 2 fully saturated rings. The first-order valence-electron chi connectivity index (χ1n) is 10.2. The maximum absolute atomic E-state index is 12.7. The summed E-state index contributed by atoms with van der Waals surface area (Å²) in [5.74, 6) is 0.615. The van der Waals surface area contributed by atoms with Crippen LogP contribution in [0.1, 0.15) is 19.3 Å². The second-order valence-corrected chi connectivity index (χ2v) is 7.80. The number of nitrogens with one attached hydrogen (secondary N) is 1. The first-order valence-corrected chi connectivity index (χ1v) is 10.2. The van der Waals surface area contributed by atoms with Crippen molar-refractivity contribution in [2.24, 2.45) is 11.7 Å². The van der Waals surface area contributed by atoms with E-state index < -0.39 is 0 Å². The average molecular weight is 393 g/mol. The highest BCUT2D eigenvalue weighted by molar-refractivity contribution is 5.88. The molecule has 1 aliphatic heterocycles. The molecule has 1 aliphatic carbocycles. The standard InChI is InChI=1S/C22H27N5O2/c23-8-1-2-21(28)26-11-7-19(15-26)27(14-16-3-4-16)20-12-18(13-25-22(20)29)17-5-9-24-10-6-17/h1-2,5-6,9-10,12-13,16,19H,3-4,7-8,11,14-15,23H2,(H,25,29)/t19-/m0/s1. The van der Waals surface area contributed by atoms with Gasteiger partial charge in [-0.1, -0.05) is 6.08 Å². The Labute approximate surface area is 170 Å². The zero-order valence-corrected chi connectivity index (χ0v) is 16.5. The van der Waals surface area contributed by atoms with E-state index in [2.05, 4.69) is 14.9 Å². The third kappa shape index (κ3) is 4.56. The monoisotopic (exact) mass is 393 g/mol. The molecule has 1 saturated carbocycles. The molecule has 0 radical (unpaired) electrons. The van der Waals surface area contributed by atoms with Crippen molar-refractivity contribution in [2.75, 3.05) is 31.1 Å². The van der Waals surface area contributed by atoms with Gasteiger partial charge in [-0.05, 0) is 48.9 Å². The Kier molecular flexibility index (Phi) is 5.76. The summed E-state index contributed by atoms with van der Waals surface area (Å²) in [6, 6.07) is 5.97. The van der Waals surface area contributed by atoms with Crippen LogP contribution in [0.3, 0.4) is 0 Å². The third-order valence-electron chi connectivity index (χ3n) is 5.67. The van der Waals surface area contributed by atoms with E-state index in [1.165, 1.54) is 12.8 Å². The predicted molar refractivity (Wildman–Crippen MR) is 114 cm³/mol. The molecule has 29 heavy (non-hydrogen) atoms. The van der Waals surface area contributed by atoms with Crippen molar-refractivity contribution in [3.63, 3.8) is 0 Å². The van der Waals surface area contributed by atoms with Crippen molar-refractivity contribution < 1.29 is 4.79 Å². The molecule has 1 amide bonds. The van der Waals surface area contributed by atoms with E-state index in [9.17, 15) is 9.59 Å². The molecule has 0 bridgehead atoms. The zero-order chi connectivity index (χ0) is 20.2. The number of hydrogen-bond donors (Lipinski definition) is 2. The molecule has 7 nitrogen and oxygen atoms in total. The highest BCUT2D eigenvalue weighted by Crippen LogP contribution is 2.33. The third-order valence-corrected chi connectivity index (χ3v) is 5.67. The van der Waals surface area contributed by atoms with Crippen LogP contribution in [-0.2, 0) is 4.79 Å². The van der Waals surface area contributed by atoms with E-state index >= 15 is 0 Å². The van der Waals surface area contributed by atoms with Crippen LogP contribution >= 0.6 is 0 Å². The quantitative estimate of drug-likeness (QED) is 0.699. The number of aromatic amines is 1. The molecule has 3 heterocycles. The molecule has 2 aromatic rings. The maximum Gasteiger partial charge on any atom is 0.271 e. The molecule has 7 heteroatoms. The van der Waals surface area contributed by atoms with Gasteiger partial charge in [-0.15, -0.1) is 0 Å². The molecular formula is C22H27N5O2. The molecule has 2 aliphatic rings. The molecule has 0 aromatic carbocycles. The number of amides is 1. The Morgan fingerprint density at radius 2 is 2.07 bits per heavy atom. The molecule has 152 valence electrons. The lowest BCUT2D eigenvalue weighted by Crippen LogP contribution is -2.42. The van der Waals surface area contributed by atoms with Gasteiger partial charge in [0.1, 0.15) is 5.69 Å². The van der Waals surface area contributed by atoms with Gasteiger partial charge < -0.3 is 20.5 Å². The number of nitrogens with two attached hydrogens (primary N) is 1. The van der Waals surface area contributed by atoms with Crippen LogP contribution in [0.15, 0.2) is 53.7 Å². The van der Waals surface area contributed by atoms with Gasteiger partial charge in [0.15, 0.2) is 0 Å². The minimum atomic E-state index is -0.0868. The van der Waals surface area contributed by atoms with Gasteiger partial charge in [-0.3, -0.25) is 14.6 Å². The first-order chi connectivity index (χ1) is 14.2. The summed E-state index contributed by atoms with van der Waals surface area (Å²) in [7, 11) is 0. The Balaban J connectivity index is 1.60. The fourth-order valence-corrected chi connectivity index (χ4v) is 3.89. The van der Waals surface area contributed by atoms with Crippen LogP contribution in [0.2, 0.25) is 0 Å². The molecule has 1 atom stereocenters. The molecule has 2 aromatic heterocycles. The number of carbonyl (C=O) groups excluding carboxylic acids is 1. The van der Waals surface area contributed by atoms with Gasteiger partial charge >= 0.3 is 0 Å². The number of anilines is 1. The lowest BCUT2D eigenvalue weighted by Gasteiger charge is -2.31. The molecule has 1 saturated heterocycles. The minimum Gasteiger partial charge on any atom is -0.362 e. The first kappa shape index (κ1) is 19.4. The van der Waals surface area contributed by atoms with Crippen molar-refractivity contribution in [1.82, 2.24) is 14.9 Å². The summed E-state index contributed by atoms with van der Waals surface area (Å²) < 4.78 is 0. The normalized spacial score (nSPS) is 19.1. The highest BCUT2D eigenvalue weighted by atomic mass is 16.2. The SMILES string of the molecule is NCC=CC(=O)N1CC[C@H](N(CC2CC2)c2cc(-c3ccncc3)c[nH]c2=O)C1. The number of aromatic nitrogens is 2. The van der Waals surface area contributed by atoms with Crippen LogP contribution in [0.5, 0.6) is 0 Å². The summed E-state index contributed by atoms with van der Waals surface area (Å²) in [5, 5.41) is 0.